The van der Waals surface area contributed by atoms with Crippen LogP contribution in [0.25, 0.3) is 0 Å². The van der Waals surface area contributed by atoms with Gasteiger partial charge in [0.2, 0.25) is 0 Å². The fourth-order valence-corrected chi connectivity index (χ4v) is 3.00. The molecule has 0 spiro atoms. The summed E-state index contributed by atoms with van der Waals surface area (Å²) in [5.41, 5.74) is 2.23. The first-order valence-corrected chi connectivity index (χ1v) is 8.26. The summed E-state index contributed by atoms with van der Waals surface area (Å²) in [4.78, 5) is 13.3. The average Bonchev–Trinajstić information content (AvgIpc) is 3.31. The van der Waals surface area contributed by atoms with Crippen molar-refractivity contribution in [2.75, 3.05) is 25.0 Å². The third kappa shape index (κ3) is 3.17. The Morgan fingerprint density at radius 3 is 2.65 bits per heavy atom. The van der Waals surface area contributed by atoms with Crippen molar-refractivity contribution in [2.24, 2.45) is 0 Å². The van der Waals surface area contributed by atoms with Crippen LogP contribution in [-0.4, -0.2) is 51.2 Å². The maximum atomic E-state index is 4.47. The Labute approximate surface area is 136 Å². The predicted molar refractivity (Wildman–Crippen MR) is 88.2 cm³/mol. The molecule has 6 nitrogen and oxygen atoms in total. The van der Waals surface area contributed by atoms with E-state index in [1.807, 2.05) is 19.2 Å². The minimum absolute atomic E-state index is 0.537. The van der Waals surface area contributed by atoms with Crippen LogP contribution in [0.5, 0.6) is 0 Å². The molecule has 23 heavy (non-hydrogen) atoms. The number of rotatable bonds is 5. The SMILES string of the molecule is Cc1nccc(CN(C)C2CN(c3ccc(C4CC4)nn3)C2)n1. The molecule has 1 saturated heterocycles. The normalized spacial score (nSPS) is 18.3. The van der Waals surface area contributed by atoms with Gasteiger partial charge in [-0.25, -0.2) is 9.97 Å². The minimum Gasteiger partial charge on any atom is -0.352 e. The summed E-state index contributed by atoms with van der Waals surface area (Å²) in [5.74, 6) is 2.50. The van der Waals surface area contributed by atoms with Gasteiger partial charge in [0.25, 0.3) is 0 Å². The van der Waals surface area contributed by atoms with E-state index in [2.05, 4.69) is 49.1 Å². The molecule has 4 rings (SSSR count). The van der Waals surface area contributed by atoms with E-state index in [1.54, 1.807) is 0 Å². The number of nitrogens with zero attached hydrogens (tertiary/aromatic N) is 6. The van der Waals surface area contributed by atoms with Gasteiger partial charge < -0.3 is 4.90 Å². The highest BCUT2D eigenvalue weighted by molar-refractivity contribution is 5.42. The molecule has 0 bridgehead atoms. The molecule has 1 saturated carbocycles. The lowest BCUT2D eigenvalue weighted by Gasteiger charge is -2.44. The van der Waals surface area contributed by atoms with E-state index in [0.29, 0.717) is 12.0 Å². The van der Waals surface area contributed by atoms with Gasteiger partial charge in [0, 0.05) is 37.8 Å². The lowest BCUT2D eigenvalue weighted by atomic mass is 10.1. The fourth-order valence-electron chi connectivity index (χ4n) is 3.00. The van der Waals surface area contributed by atoms with E-state index in [9.17, 15) is 0 Å². The second kappa shape index (κ2) is 5.85. The number of anilines is 1. The summed E-state index contributed by atoms with van der Waals surface area (Å²) in [6.45, 7) is 4.78. The van der Waals surface area contributed by atoms with Crippen molar-refractivity contribution in [3.05, 3.63) is 41.6 Å². The van der Waals surface area contributed by atoms with Crippen molar-refractivity contribution in [1.29, 1.82) is 0 Å². The molecule has 0 amide bonds. The zero-order valence-corrected chi connectivity index (χ0v) is 13.7. The topological polar surface area (TPSA) is 58.0 Å². The van der Waals surface area contributed by atoms with Gasteiger partial charge in [-0.1, -0.05) is 0 Å². The van der Waals surface area contributed by atoms with Crippen molar-refractivity contribution in [1.82, 2.24) is 25.1 Å². The van der Waals surface area contributed by atoms with Gasteiger partial charge in [-0.2, -0.15) is 5.10 Å². The highest BCUT2D eigenvalue weighted by Gasteiger charge is 2.32. The highest BCUT2D eigenvalue weighted by atomic mass is 15.4. The van der Waals surface area contributed by atoms with E-state index in [4.69, 9.17) is 0 Å². The van der Waals surface area contributed by atoms with E-state index >= 15 is 0 Å². The van der Waals surface area contributed by atoms with Gasteiger partial charge >= 0.3 is 0 Å². The third-order valence-electron chi connectivity index (χ3n) is 4.72. The van der Waals surface area contributed by atoms with E-state index in [1.165, 1.54) is 12.8 Å². The molecule has 6 heteroatoms. The molecule has 1 aliphatic heterocycles. The second-order valence-electron chi connectivity index (χ2n) is 6.66. The smallest absolute Gasteiger partial charge is 0.151 e. The van der Waals surface area contributed by atoms with Gasteiger partial charge in [0.05, 0.1) is 11.4 Å². The lowest BCUT2D eigenvalue weighted by molar-refractivity contribution is 0.194. The van der Waals surface area contributed by atoms with Crippen LogP contribution < -0.4 is 4.90 Å². The highest BCUT2D eigenvalue weighted by Crippen LogP contribution is 2.38. The van der Waals surface area contributed by atoms with Crippen molar-refractivity contribution in [2.45, 2.75) is 38.3 Å². The Morgan fingerprint density at radius 2 is 2.00 bits per heavy atom. The molecule has 0 unspecified atom stereocenters. The van der Waals surface area contributed by atoms with Crippen molar-refractivity contribution in [3.8, 4) is 0 Å². The van der Waals surface area contributed by atoms with Gasteiger partial charge in [0.1, 0.15) is 5.82 Å². The first-order valence-electron chi connectivity index (χ1n) is 8.26. The number of hydrogen-bond donors (Lipinski definition) is 0. The van der Waals surface area contributed by atoms with Crippen LogP contribution in [0.3, 0.4) is 0 Å². The van der Waals surface area contributed by atoms with Gasteiger partial charge in [0.15, 0.2) is 5.82 Å². The van der Waals surface area contributed by atoms with Crippen molar-refractivity contribution < 1.29 is 0 Å². The molecule has 0 atom stereocenters. The van der Waals surface area contributed by atoms with Crippen molar-refractivity contribution >= 4 is 5.82 Å². The average molecular weight is 310 g/mol. The first-order chi connectivity index (χ1) is 11.2. The zero-order chi connectivity index (χ0) is 15.8. The van der Waals surface area contributed by atoms with E-state index in [-0.39, 0.29) is 0 Å². The summed E-state index contributed by atoms with van der Waals surface area (Å²) in [6, 6.07) is 6.78. The monoisotopic (exact) mass is 310 g/mol. The number of likely N-dealkylation sites (N-methyl/N-ethyl adjacent to an activating group) is 1. The zero-order valence-electron chi connectivity index (χ0n) is 13.7. The quantitative estimate of drug-likeness (QED) is 0.839. The molecule has 1 aliphatic carbocycles. The number of aryl methyl sites for hydroxylation is 1. The molecule has 2 aliphatic rings. The molecule has 2 aromatic heterocycles. The fraction of sp³-hybridized carbons (Fsp3) is 0.529. The molecule has 2 aromatic rings. The predicted octanol–water partition coefficient (Wildman–Crippen LogP) is 1.77. The summed E-state index contributed by atoms with van der Waals surface area (Å²) in [5, 5.41) is 8.76. The first kappa shape index (κ1) is 14.5. The van der Waals surface area contributed by atoms with Crippen LogP contribution >= 0.6 is 0 Å². The number of aromatic nitrogens is 4. The van der Waals surface area contributed by atoms with Crippen LogP contribution in [0.15, 0.2) is 24.4 Å². The van der Waals surface area contributed by atoms with Crippen LogP contribution in [0.1, 0.15) is 36.0 Å². The molecule has 0 radical (unpaired) electrons. The molecule has 2 fully saturated rings. The Hall–Kier alpha value is -2.08. The maximum Gasteiger partial charge on any atom is 0.151 e. The molecular weight excluding hydrogens is 288 g/mol. The van der Waals surface area contributed by atoms with Crippen LogP contribution in [0.2, 0.25) is 0 Å². The molecule has 0 aromatic carbocycles. The second-order valence-corrected chi connectivity index (χ2v) is 6.66. The molecule has 3 heterocycles. The van der Waals surface area contributed by atoms with Crippen LogP contribution in [-0.2, 0) is 6.54 Å². The lowest BCUT2D eigenvalue weighted by Crippen LogP contribution is -2.58. The summed E-state index contributed by atoms with van der Waals surface area (Å²) in [6.07, 6.45) is 4.37. The van der Waals surface area contributed by atoms with E-state index in [0.717, 1.165) is 42.7 Å². The Morgan fingerprint density at radius 1 is 1.17 bits per heavy atom. The third-order valence-corrected chi connectivity index (χ3v) is 4.72. The van der Waals surface area contributed by atoms with Crippen molar-refractivity contribution in [3.63, 3.8) is 0 Å². The van der Waals surface area contributed by atoms with Gasteiger partial charge in [-0.3, -0.25) is 4.90 Å². The Balaban J connectivity index is 1.31. The van der Waals surface area contributed by atoms with Crippen LogP contribution in [0, 0.1) is 6.92 Å². The minimum atomic E-state index is 0.537. The molecular formula is C17H22N6. The maximum absolute atomic E-state index is 4.47. The van der Waals surface area contributed by atoms with Gasteiger partial charge in [-0.15, -0.1) is 5.10 Å². The Kier molecular flexibility index (Phi) is 3.69. The summed E-state index contributed by atoms with van der Waals surface area (Å²) < 4.78 is 0. The summed E-state index contributed by atoms with van der Waals surface area (Å²) >= 11 is 0. The standard InChI is InChI=1S/C17H22N6/c1-12-18-8-7-14(19-12)9-22(2)15-10-23(11-15)17-6-5-16(20-21-17)13-3-4-13/h5-8,13,15H,3-4,9-11H2,1-2H3. The summed E-state index contributed by atoms with van der Waals surface area (Å²) in [7, 11) is 2.15. The van der Waals surface area contributed by atoms with E-state index < -0.39 is 0 Å². The molecule has 120 valence electrons. The largest absolute Gasteiger partial charge is 0.352 e. The van der Waals surface area contributed by atoms with Gasteiger partial charge in [-0.05, 0) is 45.0 Å². The molecule has 0 N–H and O–H groups in total. The number of hydrogen-bond acceptors (Lipinski definition) is 6. The Bertz CT molecular complexity index is 676. The van der Waals surface area contributed by atoms with Crippen LogP contribution in [0.4, 0.5) is 5.82 Å².